The first-order valence-electron chi connectivity index (χ1n) is 6.49. The summed E-state index contributed by atoms with van der Waals surface area (Å²) in [6, 6.07) is 20.0. The molecule has 0 saturated heterocycles. The van der Waals surface area contributed by atoms with Gasteiger partial charge in [0.05, 0.1) is 11.6 Å². The van der Waals surface area contributed by atoms with Gasteiger partial charge in [-0.15, -0.1) is 0 Å². The van der Waals surface area contributed by atoms with Crippen molar-refractivity contribution in [3.63, 3.8) is 0 Å². The Hall–Kier alpha value is -3.55. The number of rotatable bonds is 4. The molecule has 0 amide bonds. The summed E-state index contributed by atoms with van der Waals surface area (Å²) in [5.74, 6) is 0.631. The summed E-state index contributed by atoms with van der Waals surface area (Å²) >= 11 is 0. The maximum absolute atomic E-state index is 8.86. The highest BCUT2D eigenvalue weighted by molar-refractivity contribution is 5.62. The second-order valence-corrected chi connectivity index (χ2v) is 4.45. The van der Waals surface area contributed by atoms with Crippen molar-refractivity contribution in [3.05, 3.63) is 70.8 Å². The van der Waals surface area contributed by atoms with Gasteiger partial charge in [-0.2, -0.15) is 15.8 Å². The Bertz CT molecular complexity index is 816. The average Bonchev–Trinajstić information content (AvgIpc) is 2.58. The van der Waals surface area contributed by atoms with Crippen LogP contribution in [0.4, 0.5) is 0 Å². The van der Waals surface area contributed by atoms with E-state index in [-0.39, 0.29) is 5.57 Å². The minimum Gasteiger partial charge on any atom is -0.489 e. The molecule has 4 nitrogen and oxygen atoms in total. The van der Waals surface area contributed by atoms with Gasteiger partial charge in [-0.25, -0.2) is 0 Å². The van der Waals surface area contributed by atoms with Crippen molar-refractivity contribution < 1.29 is 4.74 Å². The summed E-state index contributed by atoms with van der Waals surface area (Å²) in [6.07, 6.45) is 1.50. The normalized spacial score (nSPS) is 8.95. The molecule has 2 aromatic carbocycles. The lowest BCUT2D eigenvalue weighted by Crippen LogP contribution is -1.96. The van der Waals surface area contributed by atoms with E-state index in [0.29, 0.717) is 17.9 Å². The van der Waals surface area contributed by atoms with Gasteiger partial charge in [0, 0.05) is 0 Å². The molecule has 2 aromatic rings. The van der Waals surface area contributed by atoms with Crippen molar-refractivity contribution in [1.29, 1.82) is 15.8 Å². The lowest BCUT2D eigenvalue weighted by molar-refractivity contribution is 0.306. The van der Waals surface area contributed by atoms with E-state index in [2.05, 4.69) is 6.07 Å². The molecule has 22 heavy (non-hydrogen) atoms. The second-order valence-electron chi connectivity index (χ2n) is 4.45. The number of nitrogens with zero attached hydrogens (tertiary/aromatic N) is 3. The van der Waals surface area contributed by atoms with Crippen molar-refractivity contribution in [1.82, 2.24) is 0 Å². The molecule has 0 bridgehead atoms. The fourth-order valence-electron chi connectivity index (χ4n) is 1.85. The van der Waals surface area contributed by atoms with E-state index in [4.69, 9.17) is 20.5 Å². The monoisotopic (exact) mass is 285 g/mol. The first kappa shape index (κ1) is 14.9. The first-order chi connectivity index (χ1) is 10.7. The molecule has 2 rings (SSSR count). The van der Waals surface area contributed by atoms with Crippen molar-refractivity contribution in [2.45, 2.75) is 6.61 Å². The summed E-state index contributed by atoms with van der Waals surface area (Å²) in [7, 11) is 0. The van der Waals surface area contributed by atoms with Crippen LogP contribution < -0.4 is 4.74 Å². The van der Waals surface area contributed by atoms with Crippen LogP contribution >= 0.6 is 0 Å². The lowest BCUT2D eigenvalue weighted by atomic mass is 10.1. The molecule has 0 heterocycles. The predicted octanol–water partition coefficient (Wildman–Crippen LogP) is 3.57. The average molecular weight is 285 g/mol. The molecule has 0 aliphatic rings. The molecule has 0 saturated carbocycles. The largest absolute Gasteiger partial charge is 0.489 e. The number of hydrogen-bond acceptors (Lipinski definition) is 4. The predicted molar refractivity (Wildman–Crippen MR) is 81.1 cm³/mol. The molecule has 0 atom stereocenters. The molecular formula is C18H11N3O. The molecule has 0 spiro atoms. The van der Waals surface area contributed by atoms with E-state index >= 15 is 0 Å². The van der Waals surface area contributed by atoms with Crippen molar-refractivity contribution in [2.75, 3.05) is 0 Å². The van der Waals surface area contributed by atoms with E-state index < -0.39 is 0 Å². The summed E-state index contributed by atoms with van der Waals surface area (Å²) in [6.45, 7) is 0.339. The molecular weight excluding hydrogens is 274 g/mol. The summed E-state index contributed by atoms with van der Waals surface area (Å²) < 4.78 is 5.68. The highest BCUT2D eigenvalue weighted by Gasteiger charge is 2.00. The van der Waals surface area contributed by atoms with Crippen molar-refractivity contribution >= 4 is 6.08 Å². The number of hydrogen-bond donors (Lipinski definition) is 0. The second kappa shape index (κ2) is 7.29. The number of allylic oxidation sites excluding steroid dienone is 1. The van der Waals surface area contributed by atoms with Gasteiger partial charge in [-0.05, 0) is 41.5 Å². The molecule has 0 unspecified atom stereocenters. The summed E-state index contributed by atoms with van der Waals surface area (Å²) in [5.41, 5.74) is 2.25. The van der Waals surface area contributed by atoms with Crippen LogP contribution in [0.25, 0.3) is 6.08 Å². The number of ether oxygens (including phenoxy) is 1. The van der Waals surface area contributed by atoms with E-state index in [9.17, 15) is 0 Å². The Morgan fingerprint density at radius 2 is 1.77 bits per heavy atom. The van der Waals surface area contributed by atoms with E-state index in [0.717, 1.165) is 11.1 Å². The molecule has 4 heteroatoms. The standard InChI is InChI=1S/C18H11N3O/c19-10-15-4-1-5-16(8-15)13-22-18-6-2-3-14(9-18)7-17(11-20)12-21/h1-9H,13H2. The van der Waals surface area contributed by atoms with Crippen LogP contribution in [0.15, 0.2) is 54.1 Å². The van der Waals surface area contributed by atoms with Gasteiger partial charge in [0.2, 0.25) is 0 Å². The first-order valence-corrected chi connectivity index (χ1v) is 6.49. The minimum absolute atomic E-state index is 0.0406. The zero-order valence-electron chi connectivity index (χ0n) is 11.7. The zero-order valence-corrected chi connectivity index (χ0v) is 11.7. The van der Waals surface area contributed by atoms with Crippen LogP contribution in [0.3, 0.4) is 0 Å². The minimum atomic E-state index is 0.0406. The topological polar surface area (TPSA) is 80.6 Å². The molecule has 0 fully saturated rings. The zero-order chi connectivity index (χ0) is 15.8. The Balaban J connectivity index is 2.11. The van der Waals surface area contributed by atoms with E-state index in [1.54, 1.807) is 36.4 Å². The van der Waals surface area contributed by atoms with Gasteiger partial charge in [0.25, 0.3) is 0 Å². The van der Waals surface area contributed by atoms with E-state index in [1.165, 1.54) is 6.08 Å². The summed E-state index contributed by atoms with van der Waals surface area (Å²) in [4.78, 5) is 0. The third kappa shape index (κ3) is 3.97. The Morgan fingerprint density at radius 1 is 1.00 bits per heavy atom. The lowest BCUT2D eigenvalue weighted by Gasteiger charge is -2.07. The molecule has 0 aliphatic heterocycles. The maximum Gasteiger partial charge on any atom is 0.130 e. The molecule has 0 N–H and O–H groups in total. The molecule has 0 radical (unpaired) electrons. The van der Waals surface area contributed by atoms with Crippen molar-refractivity contribution in [2.24, 2.45) is 0 Å². The Labute approximate surface area is 128 Å². The highest BCUT2D eigenvalue weighted by atomic mass is 16.5. The maximum atomic E-state index is 8.86. The van der Waals surface area contributed by atoms with Crippen LogP contribution in [0.2, 0.25) is 0 Å². The fraction of sp³-hybridized carbons (Fsp3) is 0.0556. The molecule has 0 aromatic heterocycles. The van der Waals surface area contributed by atoms with Crippen LogP contribution in [-0.2, 0) is 6.61 Å². The number of nitriles is 3. The third-order valence-corrected chi connectivity index (χ3v) is 2.87. The van der Waals surface area contributed by atoms with E-state index in [1.807, 2.05) is 24.3 Å². The quantitative estimate of drug-likeness (QED) is 0.804. The molecule has 104 valence electrons. The SMILES string of the molecule is N#CC(C#N)=Cc1cccc(OCc2cccc(C#N)c2)c1. The number of benzene rings is 2. The Kier molecular flexibility index (Phi) is 4.92. The molecule has 0 aliphatic carbocycles. The van der Waals surface area contributed by atoms with Gasteiger partial charge in [-0.1, -0.05) is 24.3 Å². The van der Waals surface area contributed by atoms with Crippen molar-refractivity contribution in [3.8, 4) is 24.0 Å². The van der Waals surface area contributed by atoms with Gasteiger partial charge in [0.1, 0.15) is 30.1 Å². The van der Waals surface area contributed by atoms with Gasteiger partial charge in [-0.3, -0.25) is 0 Å². The van der Waals surface area contributed by atoms with Crippen LogP contribution in [0.5, 0.6) is 5.75 Å². The third-order valence-electron chi connectivity index (χ3n) is 2.87. The highest BCUT2D eigenvalue weighted by Crippen LogP contribution is 2.17. The smallest absolute Gasteiger partial charge is 0.130 e. The summed E-state index contributed by atoms with van der Waals surface area (Å²) in [5, 5.41) is 26.4. The Morgan fingerprint density at radius 3 is 2.50 bits per heavy atom. The van der Waals surface area contributed by atoms with Gasteiger partial charge >= 0.3 is 0 Å². The van der Waals surface area contributed by atoms with Gasteiger partial charge < -0.3 is 4.74 Å². The van der Waals surface area contributed by atoms with Gasteiger partial charge in [0.15, 0.2) is 0 Å². The van der Waals surface area contributed by atoms with Crippen LogP contribution in [-0.4, -0.2) is 0 Å². The van der Waals surface area contributed by atoms with Crippen LogP contribution in [0, 0.1) is 34.0 Å². The fourth-order valence-corrected chi connectivity index (χ4v) is 1.85. The van der Waals surface area contributed by atoms with Crippen LogP contribution in [0.1, 0.15) is 16.7 Å².